The minimum atomic E-state index is -0.437. The highest BCUT2D eigenvalue weighted by Crippen LogP contribution is 2.02. The SMILES string of the molecule is COCCOCCCCNC(=O)CC(C)(C)N. The number of hydrogen-bond acceptors (Lipinski definition) is 4. The fourth-order valence-electron chi connectivity index (χ4n) is 1.28. The molecule has 0 aromatic carbocycles. The highest BCUT2D eigenvalue weighted by molar-refractivity contribution is 5.76. The second kappa shape index (κ2) is 9.39. The summed E-state index contributed by atoms with van der Waals surface area (Å²) in [5, 5.41) is 2.84. The van der Waals surface area contributed by atoms with E-state index in [1.807, 2.05) is 13.8 Å². The molecular weight excluding hydrogens is 220 g/mol. The van der Waals surface area contributed by atoms with Gasteiger partial charge in [0.15, 0.2) is 0 Å². The number of rotatable bonds is 10. The van der Waals surface area contributed by atoms with E-state index in [2.05, 4.69) is 5.32 Å². The van der Waals surface area contributed by atoms with E-state index in [1.54, 1.807) is 7.11 Å². The quantitative estimate of drug-likeness (QED) is 0.556. The Labute approximate surface area is 104 Å². The van der Waals surface area contributed by atoms with Crippen LogP contribution in [0.5, 0.6) is 0 Å². The summed E-state index contributed by atoms with van der Waals surface area (Å²) in [6, 6.07) is 0. The fourth-order valence-corrected chi connectivity index (χ4v) is 1.28. The van der Waals surface area contributed by atoms with Crippen LogP contribution >= 0.6 is 0 Å². The molecule has 3 N–H and O–H groups in total. The van der Waals surface area contributed by atoms with Gasteiger partial charge in [-0.2, -0.15) is 0 Å². The Kier molecular flexibility index (Phi) is 9.03. The maximum atomic E-state index is 11.4. The van der Waals surface area contributed by atoms with Gasteiger partial charge in [-0.05, 0) is 26.7 Å². The zero-order chi connectivity index (χ0) is 13.1. The Bertz CT molecular complexity index is 202. The minimum absolute atomic E-state index is 0.0119. The van der Waals surface area contributed by atoms with Gasteiger partial charge in [-0.15, -0.1) is 0 Å². The normalized spacial score (nSPS) is 11.5. The van der Waals surface area contributed by atoms with Crippen LogP contribution < -0.4 is 11.1 Å². The Balaban J connectivity index is 3.25. The smallest absolute Gasteiger partial charge is 0.221 e. The van der Waals surface area contributed by atoms with E-state index in [0.29, 0.717) is 32.8 Å². The molecule has 0 aliphatic carbocycles. The third kappa shape index (κ3) is 13.3. The number of hydrogen-bond donors (Lipinski definition) is 2. The second-order valence-electron chi connectivity index (χ2n) is 4.83. The number of carbonyl (C=O) groups is 1. The van der Waals surface area contributed by atoms with Crippen molar-refractivity contribution in [3.05, 3.63) is 0 Å². The lowest BCUT2D eigenvalue weighted by Gasteiger charge is -2.17. The maximum absolute atomic E-state index is 11.4. The summed E-state index contributed by atoms with van der Waals surface area (Å²) in [4.78, 5) is 11.4. The molecule has 17 heavy (non-hydrogen) atoms. The predicted molar refractivity (Wildman–Crippen MR) is 67.8 cm³/mol. The van der Waals surface area contributed by atoms with Crippen molar-refractivity contribution in [3.8, 4) is 0 Å². The molecule has 0 radical (unpaired) electrons. The van der Waals surface area contributed by atoms with Crippen molar-refractivity contribution >= 4 is 5.91 Å². The lowest BCUT2D eigenvalue weighted by Crippen LogP contribution is -2.39. The van der Waals surface area contributed by atoms with E-state index in [0.717, 1.165) is 12.8 Å². The average Bonchev–Trinajstić information content (AvgIpc) is 2.19. The van der Waals surface area contributed by atoms with Crippen molar-refractivity contribution in [2.45, 2.75) is 38.6 Å². The van der Waals surface area contributed by atoms with E-state index in [4.69, 9.17) is 15.2 Å². The molecule has 0 saturated carbocycles. The van der Waals surface area contributed by atoms with Crippen LogP contribution in [0.1, 0.15) is 33.1 Å². The van der Waals surface area contributed by atoms with Crippen molar-refractivity contribution in [2.24, 2.45) is 5.73 Å². The van der Waals surface area contributed by atoms with Crippen molar-refractivity contribution in [1.29, 1.82) is 0 Å². The molecule has 1 amide bonds. The highest BCUT2D eigenvalue weighted by Gasteiger charge is 2.15. The third-order valence-electron chi connectivity index (χ3n) is 2.09. The molecule has 102 valence electrons. The molecule has 0 heterocycles. The summed E-state index contributed by atoms with van der Waals surface area (Å²) in [6.07, 6.45) is 2.22. The van der Waals surface area contributed by atoms with Gasteiger partial charge < -0.3 is 20.5 Å². The minimum Gasteiger partial charge on any atom is -0.382 e. The van der Waals surface area contributed by atoms with Crippen LogP contribution in [0.3, 0.4) is 0 Å². The molecule has 0 aliphatic rings. The van der Waals surface area contributed by atoms with Crippen LogP contribution in [0.4, 0.5) is 0 Å². The van der Waals surface area contributed by atoms with E-state index >= 15 is 0 Å². The van der Waals surface area contributed by atoms with Gasteiger partial charge in [0.2, 0.25) is 5.91 Å². The van der Waals surface area contributed by atoms with Crippen LogP contribution in [0.15, 0.2) is 0 Å². The van der Waals surface area contributed by atoms with Crippen molar-refractivity contribution in [2.75, 3.05) is 33.5 Å². The Morgan fingerprint density at radius 3 is 2.53 bits per heavy atom. The van der Waals surface area contributed by atoms with Gasteiger partial charge in [-0.1, -0.05) is 0 Å². The van der Waals surface area contributed by atoms with E-state index in [9.17, 15) is 4.79 Å². The molecule has 0 atom stereocenters. The summed E-state index contributed by atoms with van der Waals surface area (Å²) in [7, 11) is 1.65. The van der Waals surface area contributed by atoms with Gasteiger partial charge in [0.05, 0.1) is 13.2 Å². The first-order valence-electron chi connectivity index (χ1n) is 6.08. The first kappa shape index (κ1) is 16.4. The Morgan fingerprint density at radius 2 is 1.94 bits per heavy atom. The van der Waals surface area contributed by atoms with E-state index in [1.165, 1.54) is 0 Å². The van der Waals surface area contributed by atoms with Crippen molar-refractivity contribution in [1.82, 2.24) is 5.32 Å². The Hall–Kier alpha value is -0.650. The molecule has 0 saturated heterocycles. The van der Waals surface area contributed by atoms with Gasteiger partial charge in [-0.3, -0.25) is 4.79 Å². The van der Waals surface area contributed by atoms with Crippen molar-refractivity contribution in [3.63, 3.8) is 0 Å². The lowest BCUT2D eigenvalue weighted by molar-refractivity contribution is -0.122. The molecule has 0 spiro atoms. The van der Waals surface area contributed by atoms with Crippen LogP contribution in [0, 0.1) is 0 Å². The van der Waals surface area contributed by atoms with Crippen LogP contribution in [0.2, 0.25) is 0 Å². The molecule has 0 rings (SSSR count). The number of methoxy groups -OCH3 is 1. The lowest BCUT2D eigenvalue weighted by atomic mass is 10.0. The summed E-state index contributed by atoms with van der Waals surface area (Å²) in [5.41, 5.74) is 5.30. The maximum Gasteiger partial charge on any atom is 0.221 e. The molecule has 0 aromatic heterocycles. The molecule has 0 aliphatic heterocycles. The zero-order valence-corrected chi connectivity index (χ0v) is 11.3. The summed E-state index contributed by atoms with van der Waals surface area (Å²) in [5.74, 6) is 0.0119. The monoisotopic (exact) mass is 246 g/mol. The summed E-state index contributed by atoms with van der Waals surface area (Å²) < 4.78 is 10.2. The first-order chi connectivity index (χ1) is 7.95. The summed E-state index contributed by atoms with van der Waals surface area (Å²) >= 11 is 0. The molecule has 0 bridgehead atoms. The molecule has 0 fully saturated rings. The van der Waals surface area contributed by atoms with Crippen LogP contribution in [-0.4, -0.2) is 44.9 Å². The molecule has 0 unspecified atom stereocenters. The molecule has 5 nitrogen and oxygen atoms in total. The van der Waals surface area contributed by atoms with Gasteiger partial charge in [0, 0.05) is 32.2 Å². The van der Waals surface area contributed by atoms with Crippen LogP contribution in [0.25, 0.3) is 0 Å². The Morgan fingerprint density at radius 1 is 1.24 bits per heavy atom. The largest absolute Gasteiger partial charge is 0.382 e. The standard InChI is InChI=1S/C12H26N2O3/c1-12(2,13)10-11(15)14-6-4-5-7-17-9-8-16-3/h4-10,13H2,1-3H3,(H,14,15). The highest BCUT2D eigenvalue weighted by atomic mass is 16.5. The number of unbranched alkanes of at least 4 members (excludes halogenated alkanes) is 1. The number of nitrogens with one attached hydrogen (secondary N) is 1. The zero-order valence-electron chi connectivity index (χ0n) is 11.3. The third-order valence-corrected chi connectivity index (χ3v) is 2.09. The van der Waals surface area contributed by atoms with E-state index in [-0.39, 0.29) is 5.91 Å². The molecular formula is C12H26N2O3. The molecule has 0 aromatic rings. The topological polar surface area (TPSA) is 73.6 Å². The first-order valence-corrected chi connectivity index (χ1v) is 6.08. The van der Waals surface area contributed by atoms with Gasteiger partial charge >= 0.3 is 0 Å². The number of amides is 1. The van der Waals surface area contributed by atoms with Crippen molar-refractivity contribution < 1.29 is 14.3 Å². The number of ether oxygens (including phenoxy) is 2. The average molecular weight is 246 g/mol. The van der Waals surface area contributed by atoms with E-state index < -0.39 is 5.54 Å². The van der Waals surface area contributed by atoms with Gasteiger partial charge in [-0.25, -0.2) is 0 Å². The van der Waals surface area contributed by atoms with Crippen LogP contribution in [-0.2, 0) is 14.3 Å². The van der Waals surface area contributed by atoms with Gasteiger partial charge in [0.1, 0.15) is 0 Å². The number of nitrogens with two attached hydrogens (primary N) is 1. The number of carbonyl (C=O) groups excluding carboxylic acids is 1. The van der Waals surface area contributed by atoms with Gasteiger partial charge in [0.25, 0.3) is 0 Å². The fraction of sp³-hybridized carbons (Fsp3) is 0.917. The summed E-state index contributed by atoms with van der Waals surface area (Å²) in [6.45, 7) is 6.34. The predicted octanol–water partition coefficient (Wildman–Crippen LogP) is 0.673. The second-order valence-corrected chi connectivity index (χ2v) is 4.83. The molecule has 5 heteroatoms.